The van der Waals surface area contributed by atoms with Crippen molar-refractivity contribution in [3.63, 3.8) is 0 Å². The van der Waals surface area contributed by atoms with Crippen LogP contribution in [0.15, 0.2) is 24.3 Å². The molecule has 8 nitrogen and oxygen atoms in total. The van der Waals surface area contributed by atoms with E-state index < -0.39 is 6.10 Å². The summed E-state index contributed by atoms with van der Waals surface area (Å²) in [5, 5.41) is 19.4. The van der Waals surface area contributed by atoms with Gasteiger partial charge in [0, 0.05) is 65.8 Å². The molecule has 8 heteroatoms. The Labute approximate surface area is 203 Å². The second-order valence-corrected chi connectivity index (χ2v) is 10.2. The highest BCUT2D eigenvalue weighted by Crippen LogP contribution is 2.28. The van der Waals surface area contributed by atoms with Crippen molar-refractivity contribution >= 4 is 5.91 Å². The number of likely N-dealkylation sites (tertiary alicyclic amines) is 2. The number of hydrogen-bond acceptors (Lipinski definition) is 7. The van der Waals surface area contributed by atoms with E-state index in [0.29, 0.717) is 29.7 Å². The molecule has 186 valence electrons. The number of piperidine rings is 2. The van der Waals surface area contributed by atoms with E-state index in [-0.39, 0.29) is 12.5 Å². The first-order valence-corrected chi connectivity index (χ1v) is 12.7. The Kier molecular flexibility index (Phi) is 8.79. The first kappa shape index (κ1) is 24.9. The molecule has 3 heterocycles. The molecule has 0 saturated carbocycles. The van der Waals surface area contributed by atoms with Crippen LogP contribution in [0.1, 0.15) is 25.3 Å². The van der Waals surface area contributed by atoms with Crippen molar-refractivity contribution in [3.8, 4) is 11.8 Å². The Bertz CT molecular complexity index is 820. The summed E-state index contributed by atoms with van der Waals surface area (Å²) < 4.78 is 5.71. The van der Waals surface area contributed by atoms with Gasteiger partial charge in [0.15, 0.2) is 0 Å². The number of piperazine rings is 1. The fourth-order valence-electron chi connectivity index (χ4n) is 5.80. The van der Waals surface area contributed by atoms with E-state index in [1.165, 1.54) is 12.8 Å². The van der Waals surface area contributed by atoms with Gasteiger partial charge in [0.2, 0.25) is 5.91 Å². The number of rotatable bonds is 9. The van der Waals surface area contributed by atoms with E-state index in [1.807, 2.05) is 4.90 Å². The third-order valence-corrected chi connectivity index (χ3v) is 7.39. The average molecular weight is 470 g/mol. The van der Waals surface area contributed by atoms with Gasteiger partial charge in [-0.3, -0.25) is 14.6 Å². The number of aliphatic hydroxyl groups is 1. The summed E-state index contributed by atoms with van der Waals surface area (Å²) >= 11 is 0. The number of benzene rings is 1. The number of ether oxygens (including phenoxy) is 1. The average Bonchev–Trinajstić information content (AvgIpc) is 2.83. The molecule has 34 heavy (non-hydrogen) atoms. The SMILES string of the molecule is CC(=O)N1CCN(CCCN2CC3CC(C2)CN(CC(O)COc2ccc(C#N)cc2)C3)CC1. The van der Waals surface area contributed by atoms with Crippen molar-refractivity contribution in [1.82, 2.24) is 19.6 Å². The maximum Gasteiger partial charge on any atom is 0.219 e. The fourth-order valence-corrected chi connectivity index (χ4v) is 5.80. The van der Waals surface area contributed by atoms with Gasteiger partial charge in [0.1, 0.15) is 18.5 Å². The van der Waals surface area contributed by atoms with Crippen LogP contribution in [0.5, 0.6) is 5.75 Å². The summed E-state index contributed by atoms with van der Waals surface area (Å²) in [5.41, 5.74) is 0.606. The van der Waals surface area contributed by atoms with Gasteiger partial charge in [-0.1, -0.05) is 0 Å². The van der Waals surface area contributed by atoms with E-state index in [2.05, 4.69) is 20.8 Å². The van der Waals surface area contributed by atoms with Gasteiger partial charge in [0.05, 0.1) is 11.6 Å². The molecule has 3 aliphatic heterocycles. The second-order valence-electron chi connectivity index (χ2n) is 10.2. The van der Waals surface area contributed by atoms with Crippen molar-refractivity contribution in [3.05, 3.63) is 29.8 Å². The van der Waals surface area contributed by atoms with Crippen LogP contribution in [0, 0.1) is 23.2 Å². The molecule has 1 aromatic rings. The first-order valence-electron chi connectivity index (χ1n) is 12.7. The Hall–Kier alpha value is -2.18. The number of carbonyl (C=O) groups is 1. The van der Waals surface area contributed by atoms with Crippen LogP contribution in [-0.2, 0) is 4.79 Å². The molecule has 0 radical (unpaired) electrons. The summed E-state index contributed by atoms with van der Waals surface area (Å²) in [5.74, 6) is 2.24. The number of β-amino-alcohol motifs (C(OH)–C–C–N with tert-alkyl or cyclic N) is 1. The number of carbonyl (C=O) groups excluding carboxylic acids is 1. The molecule has 3 atom stereocenters. The molecule has 3 saturated heterocycles. The van der Waals surface area contributed by atoms with Crippen molar-refractivity contribution in [1.29, 1.82) is 5.26 Å². The monoisotopic (exact) mass is 469 g/mol. The second kappa shape index (κ2) is 12.0. The predicted octanol–water partition coefficient (Wildman–Crippen LogP) is 1.11. The van der Waals surface area contributed by atoms with Crippen molar-refractivity contribution in [2.45, 2.75) is 25.9 Å². The molecular formula is C26H39N5O3. The molecule has 3 fully saturated rings. The van der Waals surface area contributed by atoms with Crippen molar-refractivity contribution in [2.24, 2.45) is 11.8 Å². The zero-order valence-electron chi connectivity index (χ0n) is 20.4. The molecule has 2 bridgehead atoms. The molecule has 3 aliphatic rings. The molecular weight excluding hydrogens is 430 g/mol. The zero-order chi connectivity index (χ0) is 23.9. The highest BCUT2D eigenvalue weighted by Gasteiger charge is 2.34. The smallest absolute Gasteiger partial charge is 0.219 e. The van der Waals surface area contributed by atoms with Gasteiger partial charge in [-0.05, 0) is 62.0 Å². The highest BCUT2D eigenvalue weighted by molar-refractivity contribution is 5.73. The fraction of sp³-hybridized carbons (Fsp3) is 0.692. The Morgan fingerprint density at radius 2 is 1.65 bits per heavy atom. The van der Waals surface area contributed by atoms with Crippen LogP contribution < -0.4 is 4.74 Å². The van der Waals surface area contributed by atoms with E-state index in [9.17, 15) is 9.90 Å². The lowest BCUT2D eigenvalue weighted by atomic mass is 9.84. The minimum absolute atomic E-state index is 0.194. The molecule has 1 amide bonds. The zero-order valence-corrected chi connectivity index (χ0v) is 20.4. The number of hydrogen-bond donors (Lipinski definition) is 1. The minimum atomic E-state index is -0.519. The maximum absolute atomic E-state index is 11.5. The van der Waals surface area contributed by atoms with Gasteiger partial charge in [-0.25, -0.2) is 0 Å². The molecule has 1 N–H and O–H groups in total. The molecule has 1 aromatic carbocycles. The molecule has 3 unspecified atom stereocenters. The topological polar surface area (TPSA) is 83.3 Å². The lowest BCUT2D eigenvalue weighted by molar-refractivity contribution is -0.130. The standard InChI is InChI=1S/C26H39N5O3/c1-21(32)31-11-9-28(10-12-31)7-2-8-29-15-23-13-24(16-29)18-30(17-23)19-25(33)20-34-26-5-3-22(14-27)4-6-26/h3-6,23-25,33H,2,7-13,15-20H2,1H3. The number of aliphatic hydroxyl groups excluding tert-OH is 1. The summed E-state index contributed by atoms with van der Waals surface area (Å²) in [7, 11) is 0. The Morgan fingerprint density at radius 1 is 1.03 bits per heavy atom. The lowest BCUT2D eigenvalue weighted by Crippen LogP contribution is -2.54. The van der Waals surface area contributed by atoms with Gasteiger partial charge < -0.3 is 19.6 Å². The molecule has 0 aliphatic carbocycles. The van der Waals surface area contributed by atoms with Crippen LogP contribution in [0.2, 0.25) is 0 Å². The molecule has 4 rings (SSSR count). The van der Waals surface area contributed by atoms with Gasteiger partial charge in [-0.2, -0.15) is 5.26 Å². The third-order valence-electron chi connectivity index (χ3n) is 7.39. The molecule has 0 aromatic heterocycles. The maximum atomic E-state index is 11.5. The number of nitriles is 1. The van der Waals surface area contributed by atoms with Gasteiger partial charge in [-0.15, -0.1) is 0 Å². The van der Waals surface area contributed by atoms with Gasteiger partial charge in [0.25, 0.3) is 0 Å². The summed E-state index contributed by atoms with van der Waals surface area (Å²) in [6, 6.07) is 9.11. The van der Waals surface area contributed by atoms with Crippen LogP contribution >= 0.6 is 0 Å². The van der Waals surface area contributed by atoms with Gasteiger partial charge >= 0.3 is 0 Å². The summed E-state index contributed by atoms with van der Waals surface area (Å²) in [6.45, 7) is 13.0. The Balaban J connectivity index is 1.12. The van der Waals surface area contributed by atoms with Crippen molar-refractivity contribution < 1.29 is 14.6 Å². The lowest BCUT2D eigenvalue weighted by Gasteiger charge is -2.46. The van der Waals surface area contributed by atoms with E-state index in [1.54, 1.807) is 31.2 Å². The largest absolute Gasteiger partial charge is 0.491 e. The van der Waals surface area contributed by atoms with Crippen molar-refractivity contribution in [2.75, 3.05) is 78.6 Å². The van der Waals surface area contributed by atoms with E-state index in [0.717, 1.165) is 65.4 Å². The summed E-state index contributed by atoms with van der Waals surface area (Å²) in [6.07, 6.45) is 1.97. The quantitative estimate of drug-likeness (QED) is 0.580. The first-order chi connectivity index (χ1) is 16.5. The van der Waals surface area contributed by atoms with E-state index >= 15 is 0 Å². The van der Waals surface area contributed by atoms with Crippen LogP contribution in [0.3, 0.4) is 0 Å². The number of fused-ring (bicyclic) bond motifs is 2. The Morgan fingerprint density at radius 3 is 2.26 bits per heavy atom. The predicted molar refractivity (Wildman–Crippen MR) is 130 cm³/mol. The minimum Gasteiger partial charge on any atom is -0.491 e. The van der Waals surface area contributed by atoms with E-state index in [4.69, 9.17) is 10.00 Å². The number of amides is 1. The van der Waals surface area contributed by atoms with Crippen LogP contribution in [0.25, 0.3) is 0 Å². The van der Waals surface area contributed by atoms with Crippen LogP contribution in [-0.4, -0.2) is 115 Å². The molecule has 0 spiro atoms. The summed E-state index contributed by atoms with van der Waals surface area (Å²) in [4.78, 5) is 21.0. The third kappa shape index (κ3) is 7.16. The highest BCUT2D eigenvalue weighted by atomic mass is 16.5. The van der Waals surface area contributed by atoms with Crippen LogP contribution in [0.4, 0.5) is 0 Å². The normalized spacial score (nSPS) is 25.0. The number of nitrogens with zero attached hydrogens (tertiary/aromatic N) is 5.